The van der Waals surface area contributed by atoms with E-state index >= 15 is 0 Å². The molecule has 0 aliphatic carbocycles. The smallest absolute Gasteiger partial charge is 0.186 e. The van der Waals surface area contributed by atoms with E-state index in [0.717, 1.165) is 0 Å². The summed E-state index contributed by atoms with van der Waals surface area (Å²) in [6.45, 7) is 1.09. The molecule has 4 N–H and O–H groups in total. The van der Waals surface area contributed by atoms with Crippen molar-refractivity contribution in [3.8, 4) is 0 Å². The summed E-state index contributed by atoms with van der Waals surface area (Å²) in [5, 5.41) is 33.3. The van der Waals surface area contributed by atoms with Gasteiger partial charge in [-0.1, -0.05) is 30.3 Å². The van der Waals surface area contributed by atoms with Crippen LogP contribution in [0.5, 0.6) is 0 Å². The number of hydrogen-bond acceptors (Lipinski definition) is 4. The minimum atomic E-state index is -1.71. The van der Waals surface area contributed by atoms with E-state index in [4.69, 9.17) is 20.4 Å². The summed E-state index contributed by atoms with van der Waals surface area (Å²) in [7, 11) is 0. The third kappa shape index (κ3) is 5.66. The van der Waals surface area contributed by atoms with Gasteiger partial charge in [-0.3, -0.25) is 0 Å². The van der Waals surface area contributed by atoms with Gasteiger partial charge in [-0.25, -0.2) is 0 Å². The van der Waals surface area contributed by atoms with Crippen molar-refractivity contribution < 1.29 is 20.4 Å². The lowest BCUT2D eigenvalue weighted by Crippen LogP contribution is -2.19. The van der Waals surface area contributed by atoms with E-state index in [-0.39, 0.29) is 13.2 Å². The normalized spacial score (nSPS) is 10.4. The summed E-state index contributed by atoms with van der Waals surface area (Å²) >= 11 is 0. The fourth-order valence-electron chi connectivity index (χ4n) is 0.754. The van der Waals surface area contributed by atoms with E-state index in [9.17, 15) is 0 Å². The first-order valence-corrected chi connectivity index (χ1v) is 4.24. The van der Waals surface area contributed by atoms with Crippen LogP contribution in [-0.4, -0.2) is 33.6 Å². The molecule has 0 saturated carbocycles. The molecule has 80 valence electrons. The van der Waals surface area contributed by atoms with Gasteiger partial charge in [0.25, 0.3) is 0 Å². The number of aliphatic hydroxyl groups is 4. The summed E-state index contributed by atoms with van der Waals surface area (Å²) in [4.78, 5) is 0. The third-order valence-electron chi connectivity index (χ3n) is 1.42. The first-order valence-electron chi connectivity index (χ1n) is 4.24. The Morgan fingerprint density at radius 2 is 1.43 bits per heavy atom. The number of aliphatic hydroxyl groups excluding tert-OH is 2. The summed E-state index contributed by atoms with van der Waals surface area (Å²) in [6.07, 6.45) is 0. The molecule has 0 atom stereocenters. The van der Waals surface area contributed by atoms with Gasteiger partial charge in [0.2, 0.25) is 0 Å². The van der Waals surface area contributed by atoms with Crippen LogP contribution in [0.2, 0.25) is 0 Å². The van der Waals surface area contributed by atoms with Crippen molar-refractivity contribution in [2.24, 2.45) is 0 Å². The van der Waals surface area contributed by atoms with Gasteiger partial charge in [0.1, 0.15) is 0 Å². The Morgan fingerprint density at radius 3 is 1.64 bits per heavy atom. The average molecular weight is 200 g/mol. The topological polar surface area (TPSA) is 80.9 Å². The van der Waals surface area contributed by atoms with Crippen molar-refractivity contribution in [1.82, 2.24) is 0 Å². The molecule has 0 fully saturated rings. The third-order valence-corrected chi connectivity index (χ3v) is 1.42. The van der Waals surface area contributed by atoms with E-state index in [1.165, 1.54) is 6.92 Å². The van der Waals surface area contributed by atoms with E-state index in [1.54, 1.807) is 24.3 Å². The van der Waals surface area contributed by atoms with Crippen molar-refractivity contribution in [2.45, 2.75) is 12.7 Å². The number of rotatable bonds is 2. The monoisotopic (exact) mass is 200 g/mol. The highest BCUT2D eigenvalue weighted by atomic mass is 16.5. The van der Waals surface area contributed by atoms with E-state index in [0.29, 0.717) is 5.56 Å². The predicted octanol–water partition coefficient (Wildman–Crippen LogP) is -0.185. The van der Waals surface area contributed by atoms with Crippen LogP contribution >= 0.6 is 0 Å². The Balaban J connectivity index is 0.000000364. The Hall–Kier alpha value is -0.940. The maximum absolute atomic E-state index is 9.04. The summed E-state index contributed by atoms with van der Waals surface area (Å²) in [5.41, 5.74) is 0.509. The zero-order valence-electron chi connectivity index (χ0n) is 8.09. The molecule has 4 heteroatoms. The SMILES string of the molecule is CC(O)(O)c1ccccc1.OCCO. The van der Waals surface area contributed by atoms with Gasteiger partial charge in [0, 0.05) is 5.56 Å². The summed E-state index contributed by atoms with van der Waals surface area (Å²) in [5.74, 6) is -1.71. The van der Waals surface area contributed by atoms with E-state index < -0.39 is 5.79 Å². The molecular weight excluding hydrogens is 184 g/mol. The molecule has 0 radical (unpaired) electrons. The molecule has 1 rings (SSSR count). The van der Waals surface area contributed by atoms with Gasteiger partial charge in [0.05, 0.1) is 13.2 Å². The van der Waals surface area contributed by atoms with Crippen molar-refractivity contribution in [1.29, 1.82) is 0 Å². The molecule has 1 aromatic carbocycles. The highest BCUT2D eigenvalue weighted by molar-refractivity contribution is 5.18. The lowest BCUT2D eigenvalue weighted by atomic mass is 10.1. The Labute approximate surface area is 83.1 Å². The van der Waals surface area contributed by atoms with Crippen molar-refractivity contribution in [3.63, 3.8) is 0 Å². The van der Waals surface area contributed by atoms with Crippen LogP contribution in [0.25, 0.3) is 0 Å². The standard InChI is InChI=1S/C8H10O2.C2H6O2/c1-8(9,10)7-5-3-2-4-6-7;3-1-2-4/h2-6,9-10H,1H3;3-4H,1-2H2. The van der Waals surface area contributed by atoms with Gasteiger partial charge in [-0.2, -0.15) is 0 Å². The largest absolute Gasteiger partial charge is 0.394 e. The zero-order chi connectivity index (χ0) is 11.0. The molecule has 1 aromatic rings. The van der Waals surface area contributed by atoms with Crippen LogP contribution in [0.15, 0.2) is 30.3 Å². The highest BCUT2D eigenvalue weighted by Crippen LogP contribution is 2.14. The van der Waals surface area contributed by atoms with Crippen LogP contribution < -0.4 is 0 Å². The molecule has 0 bridgehead atoms. The first kappa shape index (κ1) is 13.1. The molecule has 0 unspecified atom stereocenters. The second kappa shape index (κ2) is 6.50. The van der Waals surface area contributed by atoms with Crippen LogP contribution in [-0.2, 0) is 5.79 Å². The molecule has 0 saturated heterocycles. The maximum Gasteiger partial charge on any atom is 0.186 e. The Kier molecular flexibility index (Phi) is 6.07. The molecule has 0 spiro atoms. The Bertz CT molecular complexity index is 226. The van der Waals surface area contributed by atoms with E-state index in [1.807, 2.05) is 6.07 Å². The van der Waals surface area contributed by atoms with Gasteiger partial charge in [-0.15, -0.1) is 0 Å². The lowest BCUT2D eigenvalue weighted by molar-refractivity contribution is -0.152. The molecule has 0 aliphatic heterocycles. The number of hydrogen-bond donors (Lipinski definition) is 4. The van der Waals surface area contributed by atoms with Gasteiger partial charge in [0.15, 0.2) is 5.79 Å². The summed E-state index contributed by atoms with van der Waals surface area (Å²) < 4.78 is 0. The van der Waals surface area contributed by atoms with Gasteiger partial charge in [-0.05, 0) is 6.92 Å². The molecule has 0 aromatic heterocycles. The maximum atomic E-state index is 9.04. The van der Waals surface area contributed by atoms with Crippen LogP contribution in [0.3, 0.4) is 0 Å². The van der Waals surface area contributed by atoms with Crippen molar-refractivity contribution >= 4 is 0 Å². The predicted molar refractivity (Wildman–Crippen MR) is 52.4 cm³/mol. The minimum Gasteiger partial charge on any atom is -0.394 e. The van der Waals surface area contributed by atoms with Crippen LogP contribution in [0, 0.1) is 0 Å². The summed E-state index contributed by atoms with van der Waals surface area (Å²) in [6, 6.07) is 8.69. The van der Waals surface area contributed by atoms with Crippen LogP contribution in [0.4, 0.5) is 0 Å². The quantitative estimate of drug-likeness (QED) is 0.499. The first-order chi connectivity index (χ1) is 6.52. The minimum absolute atomic E-state index is 0.125. The molecule has 14 heavy (non-hydrogen) atoms. The number of benzene rings is 1. The lowest BCUT2D eigenvalue weighted by Gasteiger charge is -2.15. The fraction of sp³-hybridized carbons (Fsp3) is 0.400. The molecule has 0 aliphatic rings. The second-order valence-electron chi connectivity index (χ2n) is 2.83. The molecule has 4 nitrogen and oxygen atoms in total. The molecule has 0 amide bonds. The second-order valence-corrected chi connectivity index (χ2v) is 2.83. The Morgan fingerprint density at radius 1 is 1.00 bits per heavy atom. The highest BCUT2D eigenvalue weighted by Gasteiger charge is 2.16. The fourth-order valence-corrected chi connectivity index (χ4v) is 0.754. The molecule has 0 heterocycles. The van der Waals surface area contributed by atoms with Gasteiger partial charge >= 0.3 is 0 Å². The zero-order valence-corrected chi connectivity index (χ0v) is 8.09. The van der Waals surface area contributed by atoms with Crippen LogP contribution in [0.1, 0.15) is 12.5 Å². The van der Waals surface area contributed by atoms with E-state index in [2.05, 4.69) is 0 Å². The van der Waals surface area contributed by atoms with Gasteiger partial charge < -0.3 is 20.4 Å². The van der Waals surface area contributed by atoms with Crippen molar-refractivity contribution in [2.75, 3.05) is 13.2 Å². The average Bonchev–Trinajstić information content (AvgIpc) is 2.18. The van der Waals surface area contributed by atoms with Crippen molar-refractivity contribution in [3.05, 3.63) is 35.9 Å². The molecular formula is C10H16O4.